The van der Waals surface area contributed by atoms with E-state index in [4.69, 9.17) is 12.2 Å². The van der Waals surface area contributed by atoms with Crippen LogP contribution in [0.4, 0.5) is 0 Å². The molecule has 2 aromatic heterocycles. The summed E-state index contributed by atoms with van der Waals surface area (Å²) in [5, 5.41) is 14.8. The second-order valence-corrected chi connectivity index (χ2v) is 3.86. The minimum Gasteiger partial charge on any atom is -0.250 e. The number of nitrogens with one attached hydrogen (secondary N) is 1. The first-order chi connectivity index (χ1) is 6.77. The van der Waals surface area contributed by atoms with Gasteiger partial charge in [-0.15, -0.1) is 0 Å². The Morgan fingerprint density at radius 2 is 2.57 bits per heavy atom. The minimum atomic E-state index is 0.508. The van der Waals surface area contributed by atoms with Crippen LogP contribution in [0.25, 0.3) is 0 Å². The summed E-state index contributed by atoms with van der Waals surface area (Å²) < 4.78 is 2.10. The van der Waals surface area contributed by atoms with Crippen LogP contribution in [0.3, 0.4) is 0 Å². The van der Waals surface area contributed by atoms with Crippen molar-refractivity contribution >= 4 is 29.8 Å². The first-order valence-electron chi connectivity index (χ1n) is 3.98. The summed E-state index contributed by atoms with van der Waals surface area (Å²) in [6.07, 6.45) is 1.76. The molecule has 0 radical (unpaired) electrons. The summed E-state index contributed by atoms with van der Waals surface area (Å²) in [6.45, 7) is 1.84. The summed E-state index contributed by atoms with van der Waals surface area (Å²) in [5.41, 5.74) is 1.07. The number of thiophene rings is 1. The lowest BCUT2D eigenvalue weighted by Crippen LogP contribution is -1.92. The number of H-pyrrole nitrogens is 1. The van der Waals surface area contributed by atoms with Crippen LogP contribution in [0.1, 0.15) is 11.4 Å². The highest BCUT2D eigenvalue weighted by Gasteiger charge is 1.96. The van der Waals surface area contributed by atoms with Gasteiger partial charge in [0.15, 0.2) is 0 Å². The Labute approximate surface area is 89.9 Å². The Morgan fingerprint density at radius 3 is 3.14 bits per heavy atom. The lowest BCUT2D eigenvalue weighted by molar-refractivity contribution is 0.821. The molecule has 72 valence electrons. The molecule has 14 heavy (non-hydrogen) atoms. The van der Waals surface area contributed by atoms with E-state index in [2.05, 4.69) is 15.3 Å². The number of rotatable bonds is 2. The van der Waals surface area contributed by atoms with Gasteiger partial charge in [0.2, 0.25) is 4.77 Å². The van der Waals surface area contributed by atoms with Crippen LogP contribution < -0.4 is 0 Å². The number of nitrogens with zero attached hydrogens (tertiary/aromatic N) is 3. The molecule has 2 rings (SSSR count). The predicted molar refractivity (Wildman–Crippen MR) is 59.5 cm³/mol. The van der Waals surface area contributed by atoms with Gasteiger partial charge in [0, 0.05) is 5.56 Å². The summed E-state index contributed by atoms with van der Waals surface area (Å²) >= 11 is 6.64. The standard InChI is InChI=1S/C8H8N4S2/c1-6-10-11-8(13)12(6)9-4-7-2-3-14-5-7/h2-5H,1H3,(H,11,13)/b9-4+. The van der Waals surface area contributed by atoms with Gasteiger partial charge in [0.25, 0.3) is 0 Å². The van der Waals surface area contributed by atoms with Crippen molar-refractivity contribution < 1.29 is 0 Å². The highest BCUT2D eigenvalue weighted by molar-refractivity contribution is 7.71. The second-order valence-electron chi connectivity index (χ2n) is 2.69. The molecule has 0 atom stereocenters. The third-order valence-corrected chi connectivity index (χ3v) is 2.64. The third-order valence-electron chi connectivity index (χ3n) is 1.68. The van der Waals surface area contributed by atoms with Crippen molar-refractivity contribution in [3.63, 3.8) is 0 Å². The molecule has 0 spiro atoms. The van der Waals surface area contributed by atoms with E-state index in [0.29, 0.717) is 4.77 Å². The van der Waals surface area contributed by atoms with E-state index in [1.54, 1.807) is 22.2 Å². The lowest BCUT2D eigenvalue weighted by atomic mass is 10.4. The van der Waals surface area contributed by atoms with Gasteiger partial charge in [-0.05, 0) is 36.0 Å². The van der Waals surface area contributed by atoms with Gasteiger partial charge < -0.3 is 0 Å². The Morgan fingerprint density at radius 1 is 1.71 bits per heavy atom. The van der Waals surface area contributed by atoms with E-state index in [9.17, 15) is 0 Å². The number of aromatic amines is 1. The van der Waals surface area contributed by atoms with E-state index in [-0.39, 0.29) is 0 Å². The van der Waals surface area contributed by atoms with E-state index in [1.165, 1.54) is 0 Å². The summed E-state index contributed by atoms with van der Waals surface area (Å²) in [6, 6.07) is 1.99. The number of aryl methyl sites for hydroxylation is 1. The van der Waals surface area contributed by atoms with E-state index in [1.807, 2.05) is 23.8 Å². The van der Waals surface area contributed by atoms with Crippen LogP contribution in [0.2, 0.25) is 0 Å². The highest BCUT2D eigenvalue weighted by atomic mass is 32.1. The molecule has 0 saturated carbocycles. The molecule has 6 heteroatoms. The topological polar surface area (TPSA) is 46.0 Å². The van der Waals surface area contributed by atoms with Gasteiger partial charge in [-0.25, -0.2) is 0 Å². The van der Waals surface area contributed by atoms with E-state index < -0.39 is 0 Å². The predicted octanol–water partition coefficient (Wildman–Crippen LogP) is 2.19. The van der Waals surface area contributed by atoms with Crippen LogP contribution in [-0.4, -0.2) is 21.1 Å². The quantitative estimate of drug-likeness (QED) is 0.628. The monoisotopic (exact) mass is 224 g/mol. The number of aromatic nitrogens is 3. The lowest BCUT2D eigenvalue weighted by Gasteiger charge is -1.91. The molecule has 0 aliphatic carbocycles. The molecule has 2 heterocycles. The zero-order valence-corrected chi connectivity index (χ0v) is 9.10. The molecule has 0 saturated heterocycles. The Bertz CT molecular complexity index is 492. The molecule has 0 aromatic carbocycles. The maximum absolute atomic E-state index is 5.00. The van der Waals surface area contributed by atoms with Gasteiger partial charge in [-0.3, -0.25) is 5.10 Å². The average molecular weight is 224 g/mol. The Balaban J connectivity index is 2.31. The first kappa shape index (κ1) is 9.29. The molecule has 4 nitrogen and oxygen atoms in total. The summed E-state index contributed by atoms with van der Waals surface area (Å²) in [5.74, 6) is 0.751. The van der Waals surface area contributed by atoms with Crippen molar-refractivity contribution in [1.82, 2.24) is 14.9 Å². The van der Waals surface area contributed by atoms with Gasteiger partial charge in [0.1, 0.15) is 5.82 Å². The fraction of sp³-hybridized carbons (Fsp3) is 0.125. The molecule has 0 unspecified atom stereocenters. The fourth-order valence-electron chi connectivity index (χ4n) is 0.979. The number of hydrogen-bond acceptors (Lipinski definition) is 4. The molecular weight excluding hydrogens is 216 g/mol. The normalized spacial score (nSPS) is 11.2. The molecule has 1 N–H and O–H groups in total. The minimum absolute atomic E-state index is 0.508. The zero-order valence-electron chi connectivity index (χ0n) is 7.47. The first-order valence-corrected chi connectivity index (χ1v) is 5.33. The SMILES string of the molecule is Cc1n[nH]c(=S)n1/N=C/c1ccsc1. The molecule has 2 aromatic rings. The van der Waals surface area contributed by atoms with Gasteiger partial charge in [0.05, 0.1) is 6.21 Å². The van der Waals surface area contributed by atoms with Gasteiger partial charge >= 0.3 is 0 Å². The number of hydrogen-bond donors (Lipinski definition) is 1. The molecule has 0 aliphatic heterocycles. The maximum atomic E-state index is 5.00. The largest absolute Gasteiger partial charge is 0.250 e. The van der Waals surface area contributed by atoms with Crippen LogP contribution in [0, 0.1) is 11.7 Å². The smallest absolute Gasteiger partial charge is 0.216 e. The van der Waals surface area contributed by atoms with Crippen molar-refractivity contribution in [2.45, 2.75) is 6.92 Å². The summed E-state index contributed by atoms with van der Waals surface area (Å²) in [7, 11) is 0. The van der Waals surface area contributed by atoms with Crippen molar-refractivity contribution in [2.75, 3.05) is 0 Å². The Kier molecular flexibility index (Phi) is 2.55. The van der Waals surface area contributed by atoms with Crippen LogP contribution >= 0.6 is 23.6 Å². The average Bonchev–Trinajstić information content (AvgIpc) is 2.76. The second kappa shape index (κ2) is 3.85. The highest BCUT2D eigenvalue weighted by Crippen LogP contribution is 2.03. The Hall–Kier alpha value is -1.27. The molecule has 0 amide bonds. The van der Waals surface area contributed by atoms with Gasteiger partial charge in [-0.2, -0.15) is 26.2 Å². The summed E-state index contributed by atoms with van der Waals surface area (Å²) in [4.78, 5) is 0. The zero-order chi connectivity index (χ0) is 9.97. The fourth-order valence-corrected chi connectivity index (χ4v) is 1.81. The van der Waals surface area contributed by atoms with Crippen LogP contribution in [-0.2, 0) is 0 Å². The molecule has 0 fully saturated rings. The van der Waals surface area contributed by atoms with E-state index >= 15 is 0 Å². The van der Waals surface area contributed by atoms with E-state index in [0.717, 1.165) is 11.4 Å². The van der Waals surface area contributed by atoms with Crippen molar-refractivity contribution in [3.05, 3.63) is 33.0 Å². The maximum Gasteiger partial charge on any atom is 0.216 e. The van der Waals surface area contributed by atoms with Gasteiger partial charge in [-0.1, -0.05) is 0 Å². The van der Waals surface area contributed by atoms with Crippen LogP contribution in [0.5, 0.6) is 0 Å². The van der Waals surface area contributed by atoms with Crippen molar-refractivity contribution in [2.24, 2.45) is 5.10 Å². The van der Waals surface area contributed by atoms with Crippen molar-refractivity contribution in [3.8, 4) is 0 Å². The molecule has 0 bridgehead atoms. The third kappa shape index (κ3) is 1.80. The molecule has 0 aliphatic rings. The van der Waals surface area contributed by atoms with Crippen LogP contribution in [0.15, 0.2) is 21.9 Å². The molecular formula is C8H8N4S2. The van der Waals surface area contributed by atoms with Crippen molar-refractivity contribution in [1.29, 1.82) is 0 Å².